The minimum absolute atomic E-state index is 0.179. The molecular formula is C14H26N2O3. The largest absolute Gasteiger partial charge is 0.465 e. The van der Waals surface area contributed by atoms with E-state index in [1.54, 1.807) is 0 Å². The quantitative estimate of drug-likeness (QED) is 0.622. The number of hydrogen-bond acceptors (Lipinski definition) is 2. The third-order valence-electron chi connectivity index (χ3n) is 3.74. The maximum absolute atomic E-state index is 12.0. The summed E-state index contributed by atoms with van der Waals surface area (Å²) in [7, 11) is 0. The molecule has 0 aliphatic heterocycles. The molecule has 0 radical (unpaired) electrons. The van der Waals surface area contributed by atoms with E-state index in [9.17, 15) is 9.59 Å². The van der Waals surface area contributed by atoms with E-state index >= 15 is 0 Å². The van der Waals surface area contributed by atoms with Crippen molar-refractivity contribution >= 4 is 12.0 Å². The molecule has 1 aliphatic rings. The molecule has 0 spiro atoms. The van der Waals surface area contributed by atoms with E-state index in [0.717, 1.165) is 25.7 Å². The van der Waals surface area contributed by atoms with E-state index in [0.29, 0.717) is 18.9 Å². The molecule has 5 heteroatoms. The monoisotopic (exact) mass is 270 g/mol. The molecule has 0 saturated heterocycles. The first kappa shape index (κ1) is 15.8. The van der Waals surface area contributed by atoms with Crippen LogP contribution in [0.3, 0.4) is 0 Å². The van der Waals surface area contributed by atoms with Gasteiger partial charge in [-0.15, -0.1) is 0 Å². The highest BCUT2D eigenvalue weighted by atomic mass is 16.4. The summed E-state index contributed by atoms with van der Waals surface area (Å²) in [6, 6.07) is -0.600. The Hall–Kier alpha value is -1.26. The van der Waals surface area contributed by atoms with E-state index in [2.05, 4.69) is 17.6 Å². The SMILES string of the molecule is CCCCNC(=O)C(CC1CCCCC1)NC(=O)O. The van der Waals surface area contributed by atoms with E-state index in [4.69, 9.17) is 5.11 Å². The Kier molecular flexibility index (Phi) is 7.30. The summed E-state index contributed by atoms with van der Waals surface area (Å²) >= 11 is 0. The summed E-state index contributed by atoms with van der Waals surface area (Å²) in [4.78, 5) is 22.8. The third kappa shape index (κ3) is 6.45. The number of hydrogen-bond donors (Lipinski definition) is 3. The number of nitrogens with one attached hydrogen (secondary N) is 2. The van der Waals surface area contributed by atoms with Crippen LogP contribution >= 0.6 is 0 Å². The van der Waals surface area contributed by atoms with Gasteiger partial charge in [-0.1, -0.05) is 45.4 Å². The van der Waals surface area contributed by atoms with Crippen LogP contribution in [0.2, 0.25) is 0 Å². The van der Waals surface area contributed by atoms with Crippen molar-refractivity contribution < 1.29 is 14.7 Å². The first-order valence-electron chi connectivity index (χ1n) is 7.40. The molecule has 1 atom stereocenters. The Bertz CT molecular complexity index is 288. The Balaban J connectivity index is 2.44. The predicted octanol–water partition coefficient (Wildman–Crippen LogP) is 2.51. The van der Waals surface area contributed by atoms with Crippen LogP contribution in [0.1, 0.15) is 58.3 Å². The molecule has 1 unspecified atom stereocenters. The number of rotatable bonds is 7. The second-order valence-electron chi connectivity index (χ2n) is 5.39. The third-order valence-corrected chi connectivity index (χ3v) is 3.74. The summed E-state index contributed by atoms with van der Waals surface area (Å²) in [5.74, 6) is 0.295. The maximum Gasteiger partial charge on any atom is 0.405 e. The molecule has 1 aliphatic carbocycles. The lowest BCUT2D eigenvalue weighted by Crippen LogP contribution is -2.47. The lowest BCUT2D eigenvalue weighted by Gasteiger charge is -2.25. The van der Waals surface area contributed by atoms with Crippen LogP contribution in [-0.2, 0) is 4.79 Å². The molecule has 2 amide bonds. The van der Waals surface area contributed by atoms with Crippen LogP contribution in [0.5, 0.6) is 0 Å². The Labute approximate surface area is 115 Å². The molecule has 0 bridgehead atoms. The minimum Gasteiger partial charge on any atom is -0.465 e. The highest BCUT2D eigenvalue weighted by molar-refractivity contribution is 5.85. The summed E-state index contributed by atoms with van der Waals surface area (Å²) in [5.41, 5.74) is 0. The zero-order valence-electron chi connectivity index (χ0n) is 11.8. The average molecular weight is 270 g/mol. The Morgan fingerprint density at radius 3 is 2.53 bits per heavy atom. The lowest BCUT2D eigenvalue weighted by atomic mass is 9.84. The molecule has 1 saturated carbocycles. The van der Waals surface area contributed by atoms with Crippen LogP contribution < -0.4 is 10.6 Å². The van der Waals surface area contributed by atoms with Crippen molar-refractivity contribution in [1.82, 2.24) is 10.6 Å². The molecule has 0 aromatic rings. The van der Waals surface area contributed by atoms with Crippen molar-refractivity contribution in [1.29, 1.82) is 0 Å². The topological polar surface area (TPSA) is 78.4 Å². The standard InChI is InChI=1S/C14H26N2O3/c1-2-3-9-15-13(17)12(16-14(18)19)10-11-7-5-4-6-8-11/h11-12,16H,2-10H2,1H3,(H,15,17)(H,18,19). The fraction of sp³-hybridized carbons (Fsp3) is 0.857. The molecule has 1 fully saturated rings. The van der Waals surface area contributed by atoms with Gasteiger partial charge in [-0.05, 0) is 18.8 Å². The first-order chi connectivity index (χ1) is 9.13. The maximum atomic E-state index is 12.0. The molecule has 1 rings (SSSR count). The predicted molar refractivity (Wildman–Crippen MR) is 74.1 cm³/mol. The van der Waals surface area contributed by atoms with Crippen LogP contribution in [0.15, 0.2) is 0 Å². The first-order valence-corrected chi connectivity index (χ1v) is 7.40. The van der Waals surface area contributed by atoms with Crippen molar-refractivity contribution in [2.75, 3.05) is 6.54 Å². The molecule has 0 aromatic carbocycles. The second-order valence-corrected chi connectivity index (χ2v) is 5.39. The fourth-order valence-electron chi connectivity index (χ4n) is 2.65. The van der Waals surface area contributed by atoms with Gasteiger partial charge in [0.05, 0.1) is 0 Å². The van der Waals surface area contributed by atoms with Crippen molar-refractivity contribution in [3.63, 3.8) is 0 Å². The van der Waals surface area contributed by atoms with Crippen LogP contribution in [-0.4, -0.2) is 29.7 Å². The molecule has 0 heterocycles. The molecule has 110 valence electrons. The van der Waals surface area contributed by atoms with E-state index < -0.39 is 12.1 Å². The number of carboxylic acid groups (broad SMARTS) is 1. The van der Waals surface area contributed by atoms with Crippen LogP contribution in [0.25, 0.3) is 0 Å². The van der Waals surface area contributed by atoms with Gasteiger partial charge in [-0.25, -0.2) is 4.79 Å². The molecule has 0 aromatic heterocycles. The number of amides is 2. The van der Waals surface area contributed by atoms with E-state index in [1.807, 2.05) is 0 Å². The van der Waals surface area contributed by atoms with Gasteiger partial charge < -0.3 is 15.7 Å². The fourth-order valence-corrected chi connectivity index (χ4v) is 2.65. The highest BCUT2D eigenvalue weighted by Crippen LogP contribution is 2.27. The Morgan fingerprint density at radius 2 is 1.95 bits per heavy atom. The van der Waals surface area contributed by atoms with Gasteiger partial charge >= 0.3 is 6.09 Å². The van der Waals surface area contributed by atoms with Crippen molar-refractivity contribution in [3.8, 4) is 0 Å². The normalized spacial score (nSPS) is 17.7. The minimum atomic E-state index is -1.12. The van der Waals surface area contributed by atoms with Gasteiger partial charge in [0.1, 0.15) is 6.04 Å². The van der Waals surface area contributed by atoms with E-state index in [-0.39, 0.29) is 5.91 Å². The summed E-state index contributed by atoms with van der Waals surface area (Å²) in [5, 5.41) is 14.0. The van der Waals surface area contributed by atoms with Gasteiger partial charge in [0, 0.05) is 6.54 Å². The van der Waals surface area contributed by atoms with Gasteiger partial charge in [0.25, 0.3) is 0 Å². The average Bonchev–Trinajstić information content (AvgIpc) is 2.39. The van der Waals surface area contributed by atoms with Crippen molar-refractivity contribution in [3.05, 3.63) is 0 Å². The summed E-state index contributed by atoms with van der Waals surface area (Å²) < 4.78 is 0. The zero-order valence-corrected chi connectivity index (χ0v) is 11.8. The van der Waals surface area contributed by atoms with Crippen LogP contribution in [0.4, 0.5) is 4.79 Å². The number of carbonyl (C=O) groups is 2. The molecule has 5 nitrogen and oxygen atoms in total. The van der Waals surface area contributed by atoms with Gasteiger partial charge in [0.15, 0.2) is 0 Å². The summed E-state index contributed by atoms with van der Waals surface area (Å²) in [6.07, 6.45) is 7.32. The van der Waals surface area contributed by atoms with Gasteiger partial charge in [-0.3, -0.25) is 4.79 Å². The molecule has 19 heavy (non-hydrogen) atoms. The lowest BCUT2D eigenvalue weighted by molar-refractivity contribution is -0.123. The van der Waals surface area contributed by atoms with Gasteiger partial charge in [-0.2, -0.15) is 0 Å². The van der Waals surface area contributed by atoms with E-state index in [1.165, 1.54) is 19.3 Å². The van der Waals surface area contributed by atoms with Crippen molar-refractivity contribution in [2.45, 2.75) is 64.3 Å². The zero-order chi connectivity index (χ0) is 14.1. The molecular weight excluding hydrogens is 244 g/mol. The second kappa shape index (κ2) is 8.77. The Morgan fingerprint density at radius 1 is 1.26 bits per heavy atom. The number of unbranched alkanes of at least 4 members (excludes halogenated alkanes) is 1. The van der Waals surface area contributed by atoms with Crippen LogP contribution in [0, 0.1) is 5.92 Å². The van der Waals surface area contributed by atoms with Gasteiger partial charge in [0.2, 0.25) is 5.91 Å². The number of carbonyl (C=O) groups excluding carboxylic acids is 1. The summed E-state index contributed by atoms with van der Waals surface area (Å²) in [6.45, 7) is 2.68. The van der Waals surface area contributed by atoms with Crippen molar-refractivity contribution in [2.24, 2.45) is 5.92 Å². The molecule has 3 N–H and O–H groups in total. The smallest absolute Gasteiger partial charge is 0.405 e. The highest BCUT2D eigenvalue weighted by Gasteiger charge is 2.25.